The van der Waals surface area contributed by atoms with E-state index in [2.05, 4.69) is 0 Å². The number of likely N-dealkylation sites (tertiary alicyclic amines) is 1. The van der Waals surface area contributed by atoms with E-state index in [-0.39, 0.29) is 29.8 Å². The topological polar surface area (TPSA) is 46.6 Å². The lowest BCUT2D eigenvalue weighted by Crippen LogP contribution is -2.47. The Labute approximate surface area is 144 Å². The maximum Gasteiger partial charge on any atom is 0.311 e. The Bertz CT molecular complexity index is 566. The van der Waals surface area contributed by atoms with Gasteiger partial charge in [-0.05, 0) is 37.2 Å². The van der Waals surface area contributed by atoms with Crippen LogP contribution in [-0.4, -0.2) is 29.4 Å². The van der Waals surface area contributed by atoms with Crippen LogP contribution in [0, 0.1) is 11.8 Å². The molecule has 0 radical (unpaired) electrons. The Kier molecular flexibility index (Phi) is 5.54. The van der Waals surface area contributed by atoms with Gasteiger partial charge in [-0.25, -0.2) is 0 Å². The van der Waals surface area contributed by atoms with E-state index in [4.69, 9.17) is 4.74 Å². The van der Waals surface area contributed by atoms with Gasteiger partial charge in [0.05, 0.1) is 5.92 Å². The number of rotatable bonds is 4. The van der Waals surface area contributed by atoms with Crippen LogP contribution in [-0.2, 0) is 20.9 Å². The summed E-state index contributed by atoms with van der Waals surface area (Å²) in [5.74, 6) is -0.123. The standard InChI is InChI=1S/C20H27NO3/c1-15-12-19(22)21(13-16-8-4-2-5-9-16)14-18(15)20(23)24-17-10-6-3-7-11-17/h2,4-5,8-9,15,17-18H,3,6-7,10-14H2,1H3. The van der Waals surface area contributed by atoms with Crippen molar-refractivity contribution in [1.82, 2.24) is 4.90 Å². The molecule has 0 aromatic heterocycles. The molecular formula is C20H27NO3. The fraction of sp³-hybridized carbons (Fsp3) is 0.600. The summed E-state index contributed by atoms with van der Waals surface area (Å²) in [6.45, 7) is 3.03. The van der Waals surface area contributed by atoms with E-state index in [1.807, 2.05) is 42.2 Å². The van der Waals surface area contributed by atoms with Crippen LogP contribution >= 0.6 is 0 Å². The Morgan fingerprint density at radius 1 is 1.17 bits per heavy atom. The lowest BCUT2D eigenvalue weighted by atomic mass is 9.86. The molecule has 24 heavy (non-hydrogen) atoms. The molecule has 130 valence electrons. The molecule has 1 amide bonds. The number of carbonyl (C=O) groups is 2. The normalized spacial score (nSPS) is 25.5. The number of nitrogens with zero attached hydrogens (tertiary/aromatic N) is 1. The molecular weight excluding hydrogens is 302 g/mol. The van der Waals surface area contributed by atoms with E-state index >= 15 is 0 Å². The lowest BCUT2D eigenvalue weighted by molar-refractivity contribution is -0.162. The molecule has 0 N–H and O–H groups in total. The molecule has 1 aromatic carbocycles. The second-order valence-corrected chi connectivity index (χ2v) is 7.24. The predicted molar refractivity (Wildman–Crippen MR) is 92.1 cm³/mol. The summed E-state index contributed by atoms with van der Waals surface area (Å²) in [7, 11) is 0. The highest BCUT2D eigenvalue weighted by molar-refractivity contribution is 5.81. The van der Waals surface area contributed by atoms with Gasteiger partial charge >= 0.3 is 5.97 Å². The highest BCUT2D eigenvalue weighted by Gasteiger charge is 2.37. The quantitative estimate of drug-likeness (QED) is 0.794. The minimum atomic E-state index is -0.201. The highest BCUT2D eigenvalue weighted by atomic mass is 16.5. The molecule has 1 saturated carbocycles. The van der Waals surface area contributed by atoms with Gasteiger partial charge < -0.3 is 9.64 Å². The molecule has 3 rings (SSSR count). The average Bonchev–Trinajstić information content (AvgIpc) is 2.59. The lowest BCUT2D eigenvalue weighted by Gasteiger charge is -2.36. The monoisotopic (exact) mass is 329 g/mol. The second kappa shape index (κ2) is 7.82. The molecule has 0 spiro atoms. The van der Waals surface area contributed by atoms with Gasteiger partial charge in [-0.1, -0.05) is 43.7 Å². The van der Waals surface area contributed by atoms with Gasteiger partial charge in [0.15, 0.2) is 0 Å². The molecule has 1 heterocycles. The van der Waals surface area contributed by atoms with E-state index in [1.165, 1.54) is 6.42 Å². The molecule has 1 aliphatic heterocycles. The summed E-state index contributed by atoms with van der Waals surface area (Å²) in [6.07, 6.45) is 6.02. The van der Waals surface area contributed by atoms with Crippen LogP contribution in [0.4, 0.5) is 0 Å². The predicted octanol–water partition coefficient (Wildman–Crippen LogP) is 3.55. The van der Waals surface area contributed by atoms with Gasteiger partial charge in [-0.2, -0.15) is 0 Å². The zero-order valence-corrected chi connectivity index (χ0v) is 14.4. The molecule has 2 aliphatic rings. The molecule has 1 aromatic rings. The molecule has 2 atom stereocenters. The van der Waals surface area contributed by atoms with Crippen molar-refractivity contribution in [3.05, 3.63) is 35.9 Å². The van der Waals surface area contributed by atoms with Crippen molar-refractivity contribution in [1.29, 1.82) is 0 Å². The van der Waals surface area contributed by atoms with E-state index in [9.17, 15) is 9.59 Å². The van der Waals surface area contributed by atoms with Crippen LogP contribution in [0.25, 0.3) is 0 Å². The number of amides is 1. The number of ether oxygens (including phenoxy) is 1. The number of carbonyl (C=O) groups excluding carboxylic acids is 2. The fourth-order valence-electron chi connectivity index (χ4n) is 3.76. The SMILES string of the molecule is CC1CC(=O)N(Cc2ccccc2)CC1C(=O)OC1CCCCC1. The molecule has 4 heteroatoms. The Morgan fingerprint density at radius 2 is 1.88 bits per heavy atom. The van der Waals surface area contributed by atoms with Crippen LogP contribution in [0.15, 0.2) is 30.3 Å². The third-order valence-corrected chi connectivity index (χ3v) is 5.31. The van der Waals surface area contributed by atoms with Crippen molar-refractivity contribution in [3.8, 4) is 0 Å². The first-order valence-electron chi connectivity index (χ1n) is 9.15. The summed E-state index contributed by atoms with van der Waals surface area (Å²) in [4.78, 5) is 26.8. The summed E-state index contributed by atoms with van der Waals surface area (Å²) >= 11 is 0. The summed E-state index contributed by atoms with van der Waals surface area (Å²) in [5, 5.41) is 0. The van der Waals surface area contributed by atoms with Crippen molar-refractivity contribution in [2.45, 2.75) is 58.1 Å². The van der Waals surface area contributed by atoms with Gasteiger partial charge in [0.1, 0.15) is 6.10 Å². The van der Waals surface area contributed by atoms with Crippen molar-refractivity contribution in [2.75, 3.05) is 6.54 Å². The van der Waals surface area contributed by atoms with Crippen LogP contribution in [0.2, 0.25) is 0 Å². The number of esters is 1. The van der Waals surface area contributed by atoms with Crippen LogP contribution in [0.5, 0.6) is 0 Å². The first-order chi connectivity index (χ1) is 11.6. The zero-order chi connectivity index (χ0) is 16.9. The molecule has 1 saturated heterocycles. The van der Waals surface area contributed by atoms with Gasteiger partial charge in [0.25, 0.3) is 0 Å². The molecule has 2 unspecified atom stereocenters. The van der Waals surface area contributed by atoms with Crippen LogP contribution < -0.4 is 0 Å². The summed E-state index contributed by atoms with van der Waals surface area (Å²) in [5.41, 5.74) is 1.10. The van der Waals surface area contributed by atoms with Crippen LogP contribution in [0.1, 0.15) is 51.0 Å². The Hall–Kier alpha value is -1.84. The Morgan fingerprint density at radius 3 is 2.58 bits per heavy atom. The molecule has 0 bridgehead atoms. The molecule has 2 fully saturated rings. The van der Waals surface area contributed by atoms with Gasteiger partial charge in [0.2, 0.25) is 5.91 Å². The van der Waals surface area contributed by atoms with E-state index in [0.717, 1.165) is 31.2 Å². The van der Waals surface area contributed by atoms with E-state index in [0.29, 0.717) is 19.5 Å². The van der Waals surface area contributed by atoms with Crippen molar-refractivity contribution in [3.63, 3.8) is 0 Å². The zero-order valence-electron chi connectivity index (χ0n) is 14.4. The Balaban J connectivity index is 1.61. The number of piperidine rings is 1. The van der Waals surface area contributed by atoms with Crippen LogP contribution in [0.3, 0.4) is 0 Å². The maximum atomic E-state index is 12.6. The number of hydrogen-bond donors (Lipinski definition) is 0. The first-order valence-corrected chi connectivity index (χ1v) is 9.15. The van der Waals surface area contributed by atoms with E-state index < -0.39 is 0 Å². The van der Waals surface area contributed by atoms with Crippen molar-refractivity contribution < 1.29 is 14.3 Å². The van der Waals surface area contributed by atoms with Gasteiger partial charge in [-0.15, -0.1) is 0 Å². The second-order valence-electron chi connectivity index (χ2n) is 7.24. The fourth-order valence-corrected chi connectivity index (χ4v) is 3.76. The number of benzene rings is 1. The van der Waals surface area contributed by atoms with Gasteiger partial charge in [0, 0.05) is 19.5 Å². The third kappa shape index (κ3) is 4.16. The highest BCUT2D eigenvalue weighted by Crippen LogP contribution is 2.28. The minimum Gasteiger partial charge on any atom is -0.462 e. The minimum absolute atomic E-state index is 0.0561. The largest absolute Gasteiger partial charge is 0.462 e. The summed E-state index contributed by atoms with van der Waals surface area (Å²) < 4.78 is 5.76. The maximum absolute atomic E-state index is 12.6. The average molecular weight is 329 g/mol. The smallest absolute Gasteiger partial charge is 0.311 e. The van der Waals surface area contributed by atoms with Crippen molar-refractivity contribution in [2.24, 2.45) is 11.8 Å². The molecule has 1 aliphatic carbocycles. The summed E-state index contributed by atoms with van der Waals surface area (Å²) in [6, 6.07) is 9.94. The molecule has 4 nitrogen and oxygen atoms in total. The first kappa shape index (κ1) is 17.0. The van der Waals surface area contributed by atoms with Crippen molar-refractivity contribution >= 4 is 11.9 Å². The third-order valence-electron chi connectivity index (χ3n) is 5.31. The number of hydrogen-bond acceptors (Lipinski definition) is 3. The van der Waals surface area contributed by atoms with E-state index in [1.54, 1.807) is 0 Å². The van der Waals surface area contributed by atoms with Gasteiger partial charge in [-0.3, -0.25) is 9.59 Å².